The Morgan fingerprint density at radius 3 is 1.43 bits per heavy atom. The van der Waals surface area contributed by atoms with Gasteiger partial charge >= 0.3 is 11.9 Å². The van der Waals surface area contributed by atoms with Crippen LogP contribution in [0.5, 0.6) is 5.75 Å². The summed E-state index contributed by atoms with van der Waals surface area (Å²) in [7, 11) is 5.81. The zero-order chi connectivity index (χ0) is 50.2. The van der Waals surface area contributed by atoms with Crippen molar-refractivity contribution >= 4 is 29.8 Å². The predicted molar refractivity (Wildman–Crippen MR) is 272 cm³/mol. The number of benzene rings is 1. The molecule has 0 bridgehead atoms. The van der Waals surface area contributed by atoms with Gasteiger partial charge in [-0.25, -0.2) is 9.59 Å². The number of unbranched alkanes of at least 4 members (excludes halogenated alkanes) is 9. The van der Waals surface area contributed by atoms with Gasteiger partial charge in [-0.2, -0.15) is 0 Å². The lowest BCUT2D eigenvalue weighted by molar-refractivity contribution is -0.162. The minimum absolute atomic E-state index is 0.0407. The Balaban J connectivity index is 0.000000304. The average Bonchev–Trinajstić information content (AvgIpc) is 3.49. The Kier molecular flexibility index (Phi) is 19.4. The molecule has 4 aliphatic rings. The average molecular weight is 935 g/mol. The molecule has 0 spiro atoms. The SMILES string of the molecule is CCCCCCCCCCCCC1CC(=O)N(C2CC(C)(C)NC(C)(C)C2)C1=O.COc1ccc(C=C(C(=O)OC2CC(C)(C)N(C)C(C)(C)C2)C(=O)OC2CC(C)(C)N(C)C(C)(C)C2)cc1. The molecule has 0 saturated carbocycles. The zero-order valence-electron chi connectivity index (χ0n) is 45.1. The summed E-state index contributed by atoms with van der Waals surface area (Å²) in [5, 5.41) is 3.65. The molecule has 1 aromatic rings. The van der Waals surface area contributed by atoms with Gasteiger partial charge in [0.2, 0.25) is 11.8 Å². The number of carbonyl (C=O) groups excluding carboxylic acids is 4. The van der Waals surface area contributed by atoms with Gasteiger partial charge in [0.1, 0.15) is 23.5 Å². The standard InChI is InChI=1S/C31H48N2O5.C25H46N2O2/c1-28(2)17-23(18-29(3,4)32(28)9)37-26(34)25(16-21-12-14-22(36-11)15-13-21)27(35)38-24-19-30(5,6)33(10)31(7,8)20-24;1-6-7-8-9-10-11-12-13-14-15-16-20-17-22(28)27(23(20)29)21-18-24(2,3)26-25(4,5)19-21/h12-16,23-24H,17-20H2,1-11H3;20-21,26H,6-19H2,1-5H3. The van der Waals surface area contributed by atoms with Crippen LogP contribution in [-0.4, -0.2) is 111 Å². The molecule has 1 N–H and O–H groups in total. The maximum absolute atomic E-state index is 13.6. The summed E-state index contributed by atoms with van der Waals surface area (Å²) in [6, 6.07) is 7.25. The molecule has 1 unspecified atom stereocenters. The zero-order valence-corrected chi connectivity index (χ0v) is 45.1. The van der Waals surface area contributed by atoms with E-state index in [1.807, 2.05) is 12.1 Å². The quantitative estimate of drug-likeness (QED) is 0.0381. The lowest BCUT2D eigenvalue weighted by Crippen LogP contribution is -2.62. The van der Waals surface area contributed by atoms with Gasteiger partial charge in [0, 0.05) is 77.3 Å². The highest BCUT2D eigenvalue weighted by atomic mass is 16.6. The highest BCUT2D eigenvalue weighted by Gasteiger charge is 2.49. The van der Waals surface area contributed by atoms with Crippen molar-refractivity contribution in [1.29, 1.82) is 0 Å². The maximum Gasteiger partial charge on any atom is 0.345 e. The number of esters is 2. The lowest BCUT2D eigenvalue weighted by atomic mass is 9.78. The van der Waals surface area contributed by atoms with E-state index in [9.17, 15) is 19.2 Å². The number of carbonyl (C=O) groups is 4. The molecule has 1 atom stereocenters. The Hall–Kier alpha value is -3.28. The van der Waals surface area contributed by atoms with Crippen LogP contribution in [0.2, 0.25) is 0 Å². The molecule has 4 heterocycles. The molecule has 0 aromatic heterocycles. The maximum atomic E-state index is 13.6. The van der Waals surface area contributed by atoms with Crippen molar-refractivity contribution in [3.05, 3.63) is 35.4 Å². The fourth-order valence-electron chi connectivity index (χ4n) is 11.9. The fraction of sp³-hybridized carbons (Fsp3) is 0.786. The number of hydrogen-bond acceptors (Lipinski definition) is 10. The van der Waals surface area contributed by atoms with Crippen LogP contribution >= 0.6 is 0 Å². The van der Waals surface area contributed by atoms with Crippen LogP contribution < -0.4 is 10.1 Å². The second kappa shape index (κ2) is 23.1. The van der Waals surface area contributed by atoms with E-state index in [2.05, 4.69) is 119 Å². The fourth-order valence-corrected chi connectivity index (χ4v) is 11.9. The molecule has 0 aliphatic carbocycles. The number of nitrogens with one attached hydrogen (secondary N) is 1. The molecule has 0 radical (unpaired) electrons. The number of rotatable bonds is 18. The van der Waals surface area contributed by atoms with Gasteiger partial charge in [-0.05, 0) is 140 Å². The number of methoxy groups -OCH3 is 1. The number of ether oxygens (including phenoxy) is 3. The minimum atomic E-state index is -0.640. The van der Waals surface area contributed by atoms with E-state index in [1.54, 1.807) is 30.2 Å². The summed E-state index contributed by atoms with van der Waals surface area (Å²) >= 11 is 0. The van der Waals surface area contributed by atoms with Gasteiger partial charge in [-0.3, -0.25) is 24.3 Å². The van der Waals surface area contributed by atoms with Gasteiger partial charge in [0.05, 0.1) is 7.11 Å². The van der Waals surface area contributed by atoms with E-state index in [-0.39, 0.29) is 74.8 Å². The first-order valence-electron chi connectivity index (χ1n) is 25.9. The van der Waals surface area contributed by atoms with Crippen LogP contribution in [-0.2, 0) is 28.7 Å². The highest BCUT2D eigenvalue weighted by Crippen LogP contribution is 2.41. The summed E-state index contributed by atoms with van der Waals surface area (Å²) in [6.07, 6.45) is 19.7. The van der Waals surface area contributed by atoms with Crippen LogP contribution in [0.25, 0.3) is 6.08 Å². The Morgan fingerprint density at radius 1 is 0.627 bits per heavy atom. The summed E-state index contributed by atoms with van der Waals surface area (Å²) in [4.78, 5) is 59.2. The molecule has 67 heavy (non-hydrogen) atoms. The molecule has 4 saturated heterocycles. The van der Waals surface area contributed by atoms with E-state index >= 15 is 0 Å². The Labute approximate surface area is 407 Å². The first-order valence-corrected chi connectivity index (χ1v) is 25.9. The summed E-state index contributed by atoms with van der Waals surface area (Å²) in [5.74, 6) is -0.495. The third-order valence-corrected chi connectivity index (χ3v) is 15.7. The first-order chi connectivity index (χ1) is 31.0. The second-order valence-electron chi connectivity index (χ2n) is 24.5. The lowest BCUT2D eigenvalue weighted by Gasteiger charge is -2.53. The monoisotopic (exact) mass is 935 g/mol. The van der Waals surface area contributed by atoms with Crippen LogP contribution in [0.4, 0.5) is 0 Å². The van der Waals surface area contributed by atoms with Gasteiger partial charge in [0.25, 0.3) is 0 Å². The number of nitrogens with zero attached hydrogens (tertiary/aromatic N) is 3. The van der Waals surface area contributed by atoms with E-state index in [0.717, 1.165) is 25.7 Å². The number of likely N-dealkylation sites (tertiary alicyclic amines) is 3. The largest absolute Gasteiger partial charge is 0.497 e. The van der Waals surface area contributed by atoms with Gasteiger partial charge in [0.15, 0.2) is 0 Å². The van der Waals surface area contributed by atoms with E-state index < -0.39 is 11.9 Å². The smallest absolute Gasteiger partial charge is 0.345 e. The summed E-state index contributed by atoms with van der Waals surface area (Å²) < 4.78 is 17.3. The Morgan fingerprint density at radius 2 is 1.03 bits per heavy atom. The van der Waals surface area contributed by atoms with Crippen molar-refractivity contribution < 1.29 is 33.4 Å². The van der Waals surface area contributed by atoms with Gasteiger partial charge in [-0.15, -0.1) is 0 Å². The third kappa shape index (κ3) is 15.9. The van der Waals surface area contributed by atoms with Gasteiger partial charge < -0.3 is 19.5 Å². The topological polar surface area (TPSA) is 118 Å². The first kappa shape index (κ1) is 56.3. The molecule has 4 aliphatic heterocycles. The molecule has 5 rings (SSSR count). The number of imide groups is 1. The highest BCUT2D eigenvalue weighted by molar-refractivity contribution is 6.17. The summed E-state index contributed by atoms with van der Waals surface area (Å²) in [6.45, 7) is 28.2. The second-order valence-corrected chi connectivity index (χ2v) is 24.5. The molecule has 11 nitrogen and oxygen atoms in total. The third-order valence-electron chi connectivity index (χ3n) is 15.7. The normalized spacial score (nSPS) is 23.8. The van der Waals surface area contributed by atoms with Crippen molar-refractivity contribution in [3.63, 3.8) is 0 Å². The number of amides is 2. The predicted octanol–water partition coefficient (Wildman–Crippen LogP) is 11.4. The van der Waals surface area contributed by atoms with E-state index in [4.69, 9.17) is 14.2 Å². The van der Waals surface area contributed by atoms with E-state index in [0.29, 0.717) is 43.4 Å². The molecular weight excluding hydrogens is 841 g/mol. The van der Waals surface area contributed by atoms with Crippen LogP contribution in [0.15, 0.2) is 29.8 Å². The molecule has 2 amide bonds. The van der Waals surface area contributed by atoms with Crippen molar-refractivity contribution in [2.75, 3.05) is 21.2 Å². The molecular formula is C56H94N4O7. The summed E-state index contributed by atoms with van der Waals surface area (Å²) in [5.41, 5.74) is -0.113. The number of hydrogen-bond donors (Lipinski definition) is 1. The van der Waals surface area contributed by atoms with Crippen molar-refractivity contribution in [3.8, 4) is 5.75 Å². The van der Waals surface area contributed by atoms with Crippen LogP contribution in [0, 0.1) is 5.92 Å². The molecule has 4 fully saturated rings. The molecule has 380 valence electrons. The Bertz CT molecular complexity index is 1740. The van der Waals surface area contributed by atoms with Crippen molar-refractivity contribution in [2.24, 2.45) is 5.92 Å². The molecule has 11 heteroatoms. The van der Waals surface area contributed by atoms with E-state index in [1.165, 1.54) is 57.8 Å². The minimum Gasteiger partial charge on any atom is -0.497 e. The van der Waals surface area contributed by atoms with Crippen LogP contribution in [0.3, 0.4) is 0 Å². The van der Waals surface area contributed by atoms with Crippen molar-refractivity contribution in [2.45, 2.75) is 257 Å². The number of piperidine rings is 3. The van der Waals surface area contributed by atoms with Gasteiger partial charge in [-0.1, -0.05) is 83.3 Å². The molecule has 1 aromatic carbocycles. The van der Waals surface area contributed by atoms with Crippen LogP contribution in [0.1, 0.15) is 211 Å². The van der Waals surface area contributed by atoms with Crippen molar-refractivity contribution in [1.82, 2.24) is 20.0 Å².